The second-order valence-corrected chi connectivity index (χ2v) is 5.31. The fourth-order valence-electron chi connectivity index (χ4n) is 2.32. The number of halogens is 2. The predicted octanol–water partition coefficient (Wildman–Crippen LogP) is 3.47. The quantitative estimate of drug-likeness (QED) is 0.833. The average Bonchev–Trinajstić information content (AvgIpc) is 2.46. The maximum absolute atomic E-state index is 13.5. The van der Waals surface area contributed by atoms with Gasteiger partial charge in [0.1, 0.15) is 11.6 Å². The van der Waals surface area contributed by atoms with E-state index in [1.807, 2.05) is 19.1 Å². The monoisotopic (exact) mass is 318 g/mol. The van der Waals surface area contributed by atoms with E-state index < -0.39 is 23.4 Å². The Balaban J connectivity index is 2.15. The predicted molar refractivity (Wildman–Crippen MR) is 84.3 cm³/mol. The standard InChI is InChI=1S/C17H16F2N2O2/c1-9-6-10(2)15(11(3)7-9)21-17(23)16(22)20-14-8-12(18)4-5-13(14)19/h4-8H,1-3H3,(H,20,22)(H,21,23). The van der Waals surface area contributed by atoms with Gasteiger partial charge in [-0.2, -0.15) is 0 Å². The van der Waals surface area contributed by atoms with Gasteiger partial charge in [0.2, 0.25) is 0 Å². The van der Waals surface area contributed by atoms with E-state index in [2.05, 4.69) is 10.6 Å². The molecule has 0 saturated carbocycles. The summed E-state index contributed by atoms with van der Waals surface area (Å²) in [4.78, 5) is 23.8. The summed E-state index contributed by atoms with van der Waals surface area (Å²) in [6.45, 7) is 5.53. The Morgan fingerprint density at radius 3 is 2.04 bits per heavy atom. The van der Waals surface area contributed by atoms with Crippen molar-refractivity contribution in [1.82, 2.24) is 0 Å². The van der Waals surface area contributed by atoms with E-state index in [4.69, 9.17) is 0 Å². The zero-order valence-corrected chi connectivity index (χ0v) is 13.0. The van der Waals surface area contributed by atoms with Crippen molar-refractivity contribution < 1.29 is 18.4 Å². The minimum Gasteiger partial charge on any atom is -0.317 e. The fraction of sp³-hybridized carbons (Fsp3) is 0.176. The van der Waals surface area contributed by atoms with Crippen LogP contribution in [0.4, 0.5) is 20.2 Å². The van der Waals surface area contributed by atoms with Crippen LogP contribution in [0, 0.1) is 32.4 Å². The molecule has 0 saturated heterocycles. The summed E-state index contributed by atoms with van der Waals surface area (Å²) in [6.07, 6.45) is 0. The summed E-state index contributed by atoms with van der Waals surface area (Å²) in [5, 5.41) is 4.55. The van der Waals surface area contributed by atoms with Crippen molar-refractivity contribution in [3.8, 4) is 0 Å². The number of hydrogen-bond donors (Lipinski definition) is 2. The molecule has 0 bridgehead atoms. The van der Waals surface area contributed by atoms with E-state index in [1.54, 1.807) is 13.8 Å². The number of carbonyl (C=O) groups excluding carboxylic acids is 2. The van der Waals surface area contributed by atoms with Gasteiger partial charge >= 0.3 is 11.8 Å². The van der Waals surface area contributed by atoms with E-state index in [0.29, 0.717) is 5.69 Å². The Hall–Kier alpha value is -2.76. The van der Waals surface area contributed by atoms with Crippen LogP contribution < -0.4 is 10.6 Å². The molecular weight excluding hydrogens is 302 g/mol. The van der Waals surface area contributed by atoms with Crippen LogP contribution in [0.15, 0.2) is 30.3 Å². The Labute approximate surface area is 132 Å². The molecule has 0 aliphatic carbocycles. The van der Waals surface area contributed by atoms with Crippen LogP contribution in [0.2, 0.25) is 0 Å². The second-order valence-electron chi connectivity index (χ2n) is 5.31. The van der Waals surface area contributed by atoms with E-state index in [-0.39, 0.29) is 5.69 Å². The number of amides is 2. The molecular formula is C17H16F2N2O2. The molecule has 2 aromatic carbocycles. The number of carbonyl (C=O) groups is 2. The Bertz CT molecular complexity index is 765. The summed E-state index contributed by atoms with van der Waals surface area (Å²) in [5.41, 5.74) is 2.78. The zero-order chi connectivity index (χ0) is 17.1. The molecule has 2 aromatic rings. The van der Waals surface area contributed by atoms with Gasteiger partial charge in [-0.3, -0.25) is 9.59 Å². The molecule has 2 rings (SSSR count). The lowest BCUT2D eigenvalue weighted by atomic mass is 10.1. The third-order valence-electron chi connectivity index (χ3n) is 3.30. The van der Waals surface area contributed by atoms with E-state index >= 15 is 0 Å². The topological polar surface area (TPSA) is 58.2 Å². The summed E-state index contributed by atoms with van der Waals surface area (Å²) in [6, 6.07) is 6.34. The number of hydrogen-bond acceptors (Lipinski definition) is 2. The second kappa shape index (κ2) is 6.56. The summed E-state index contributed by atoms with van der Waals surface area (Å²) < 4.78 is 26.6. The first-order chi connectivity index (χ1) is 10.8. The molecule has 0 fully saturated rings. The third kappa shape index (κ3) is 3.91. The van der Waals surface area contributed by atoms with Crippen molar-refractivity contribution in [2.45, 2.75) is 20.8 Å². The minimum absolute atomic E-state index is 0.387. The van der Waals surface area contributed by atoms with E-state index in [1.165, 1.54) is 0 Å². The molecule has 0 spiro atoms. The first-order valence-electron chi connectivity index (χ1n) is 6.93. The smallest absolute Gasteiger partial charge is 0.314 e. The van der Waals surface area contributed by atoms with Gasteiger partial charge < -0.3 is 10.6 Å². The summed E-state index contributed by atoms with van der Waals surface area (Å²) in [7, 11) is 0. The lowest BCUT2D eigenvalue weighted by molar-refractivity contribution is -0.133. The van der Waals surface area contributed by atoms with Gasteiger partial charge in [-0.1, -0.05) is 17.7 Å². The number of rotatable bonds is 2. The van der Waals surface area contributed by atoms with Crippen LogP contribution >= 0.6 is 0 Å². The van der Waals surface area contributed by atoms with Gasteiger partial charge in [-0.25, -0.2) is 8.78 Å². The van der Waals surface area contributed by atoms with Crippen LogP contribution in [0.3, 0.4) is 0 Å². The third-order valence-corrected chi connectivity index (χ3v) is 3.30. The maximum atomic E-state index is 13.5. The summed E-state index contributed by atoms with van der Waals surface area (Å²) in [5.74, 6) is -3.57. The molecule has 0 atom stereocenters. The van der Waals surface area contributed by atoms with Gasteiger partial charge in [0.25, 0.3) is 0 Å². The number of benzene rings is 2. The molecule has 0 heterocycles. The first kappa shape index (κ1) is 16.6. The Morgan fingerprint density at radius 2 is 1.43 bits per heavy atom. The molecule has 0 aromatic heterocycles. The Morgan fingerprint density at radius 1 is 0.870 bits per heavy atom. The minimum atomic E-state index is -1.08. The van der Waals surface area contributed by atoms with Gasteiger partial charge in [0.05, 0.1) is 5.69 Å². The average molecular weight is 318 g/mol. The molecule has 0 unspecified atom stereocenters. The SMILES string of the molecule is Cc1cc(C)c(NC(=O)C(=O)Nc2cc(F)ccc2F)c(C)c1. The van der Waals surface area contributed by atoms with Gasteiger partial charge in [0, 0.05) is 11.8 Å². The van der Waals surface area contributed by atoms with Crippen LogP contribution in [0.25, 0.3) is 0 Å². The van der Waals surface area contributed by atoms with Gasteiger partial charge in [-0.15, -0.1) is 0 Å². The molecule has 6 heteroatoms. The lowest BCUT2D eigenvalue weighted by Crippen LogP contribution is -2.30. The van der Waals surface area contributed by atoms with Gasteiger partial charge in [-0.05, 0) is 44.0 Å². The van der Waals surface area contributed by atoms with Crippen molar-refractivity contribution in [3.63, 3.8) is 0 Å². The normalized spacial score (nSPS) is 10.3. The molecule has 0 radical (unpaired) electrons. The van der Waals surface area contributed by atoms with Crippen LogP contribution in [0.1, 0.15) is 16.7 Å². The van der Waals surface area contributed by atoms with E-state index in [0.717, 1.165) is 34.9 Å². The van der Waals surface area contributed by atoms with Crippen molar-refractivity contribution in [1.29, 1.82) is 0 Å². The highest BCUT2D eigenvalue weighted by Crippen LogP contribution is 2.22. The first-order valence-corrected chi connectivity index (χ1v) is 6.93. The highest BCUT2D eigenvalue weighted by molar-refractivity contribution is 6.43. The molecule has 0 aliphatic rings. The molecule has 2 amide bonds. The molecule has 120 valence electrons. The van der Waals surface area contributed by atoms with E-state index in [9.17, 15) is 18.4 Å². The molecule has 23 heavy (non-hydrogen) atoms. The number of anilines is 2. The van der Waals surface area contributed by atoms with Crippen molar-refractivity contribution in [2.24, 2.45) is 0 Å². The summed E-state index contributed by atoms with van der Waals surface area (Å²) >= 11 is 0. The van der Waals surface area contributed by atoms with Crippen molar-refractivity contribution in [2.75, 3.05) is 10.6 Å². The van der Waals surface area contributed by atoms with Crippen LogP contribution in [-0.2, 0) is 9.59 Å². The zero-order valence-electron chi connectivity index (χ0n) is 13.0. The molecule has 4 nitrogen and oxygen atoms in total. The van der Waals surface area contributed by atoms with Gasteiger partial charge in [0.15, 0.2) is 0 Å². The number of aryl methyl sites for hydroxylation is 3. The fourth-order valence-corrected chi connectivity index (χ4v) is 2.32. The lowest BCUT2D eigenvalue weighted by Gasteiger charge is -2.13. The Kier molecular flexibility index (Phi) is 4.74. The van der Waals surface area contributed by atoms with Crippen LogP contribution in [-0.4, -0.2) is 11.8 Å². The highest BCUT2D eigenvalue weighted by atomic mass is 19.1. The highest BCUT2D eigenvalue weighted by Gasteiger charge is 2.18. The molecule has 2 N–H and O–H groups in total. The van der Waals surface area contributed by atoms with Crippen molar-refractivity contribution in [3.05, 3.63) is 58.7 Å². The number of nitrogens with one attached hydrogen (secondary N) is 2. The maximum Gasteiger partial charge on any atom is 0.314 e. The van der Waals surface area contributed by atoms with Crippen molar-refractivity contribution >= 4 is 23.2 Å². The largest absolute Gasteiger partial charge is 0.317 e. The molecule has 0 aliphatic heterocycles. The van der Waals surface area contributed by atoms with Crippen LogP contribution in [0.5, 0.6) is 0 Å².